The zero-order valence-corrected chi connectivity index (χ0v) is 23.0. The molecule has 6 rings (SSSR count). The number of benzene rings is 2. The van der Waals surface area contributed by atoms with Crippen LogP contribution in [0.5, 0.6) is 0 Å². The number of hydrogen-bond donors (Lipinski definition) is 1. The number of carbonyl (C=O) groups excluding carboxylic acids is 5. The second-order valence-electron chi connectivity index (χ2n) is 10.0. The van der Waals surface area contributed by atoms with Gasteiger partial charge in [0.1, 0.15) is 6.04 Å². The molecular weight excluding hydrogens is 552 g/mol. The summed E-state index contributed by atoms with van der Waals surface area (Å²) < 4.78 is 0.598. The lowest BCUT2D eigenvalue weighted by atomic mass is 9.95. The summed E-state index contributed by atoms with van der Waals surface area (Å²) in [6.45, 7) is 3.36. The quantitative estimate of drug-likeness (QED) is 0.467. The molecule has 11 heteroatoms. The number of carbonyl (C=O) groups is 5. The van der Waals surface area contributed by atoms with Crippen molar-refractivity contribution in [2.75, 3.05) is 26.2 Å². The molecule has 0 bridgehead atoms. The van der Waals surface area contributed by atoms with Crippen molar-refractivity contribution < 1.29 is 24.0 Å². The number of amides is 5. The smallest absolute Gasteiger partial charge is 0.264 e. The fourth-order valence-electron chi connectivity index (χ4n) is 5.55. The van der Waals surface area contributed by atoms with E-state index in [-0.39, 0.29) is 29.9 Å². The lowest BCUT2D eigenvalue weighted by Crippen LogP contribution is -2.54. The fourth-order valence-corrected chi connectivity index (χ4v) is 6.56. The molecule has 2 saturated heterocycles. The van der Waals surface area contributed by atoms with Crippen molar-refractivity contribution in [3.05, 3.63) is 80.5 Å². The van der Waals surface area contributed by atoms with E-state index in [1.165, 1.54) is 11.3 Å². The van der Waals surface area contributed by atoms with Crippen LogP contribution in [-0.2, 0) is 16.1 Å². The van der Waals surface area contributed by atoms with Crippen molar-refractivity contribution in [2.24, 2.45) is 0 Å². The number of thiophene rings is 1. The minimum atomic E-state index is -1.01. The van der Waals surface area contributed by atoms with Crippen LogP contribution in [0, 0.1) is 0 Å². The van der Waals surface area contributed by atoms with Crippen LogP contribution in [0.3, 0.4) is 0 Å². The number of halogens is 1. The van der Waals surface area contributed by atoms with Gasteiger partial charge >= 0.3 is 0 Å². The van der Waals surface area contributed by atoms with Crippen LogP contribution in [0.2, 0.25) is 4.34 Å². The number of rotatable bonds is 5. The molecule has 3 aromatic rings. The number of nitrogens with one attached hydrogen (secondary N) is 1. The maximum atomic E-state index is 13.5. The van der Waals surface area contributed by atoms with Crippen molar-refractivity contribution in [3.8, 4) is 11.1 Å². The number of piperazine rings is 1. The van der Waals surface area contributed by atoms with Crippen LogP contribution in [0.25, 0.3) is 11.1 Å². The SMILES string of the molecule is O=C1CCC(N2C(=O)c3cccc(-c4cccc(CN5CCN(C(=O)c6ccc(Cl)s6)CC5)c4)c3C2=O)C(=O)N1. The second kappa shape index (κ2) is 10.6. The van der Waals surface area contributed by atoms with Crippen LogP contribution >= 0.6 is 22.9 Å². The van der Waals surface area contributed by atoms with Crippen LogP contribution in [0.1, 0.15) is 48.8 Å². The van der Waals surface area contributed by atoms with Gasteiger partial charge in [-0.2, -0.15) is 0 Å². The van der Waals surface area contributed by atoms with Gasteiger partial charge in [0.05, 0.1) is 20.3 Å². The number of fused-ring (bicyclic) bond motifs is 1. The Balaban J connectivity index is 1.17. The molecule has 2 fully saturated rings. The van der Waals surface area contributed by atoms with E-state index >= 15 is 0 Å². The van der Waals surface area contributed by atoms with Gasteiger partial charge in [0.15, 0.2) is 0 Å². The van der Waals surface area contributed by atoms with Crippen molar-refractivity contribution >= 4 is 52.5 Å². The third-order valence-electron chi connectivity index (χ3n) is 7.56. The van der Waals surface area contributed by atoms with Gasteiger partial charge in [0, 0.05) is 39.1 Å². The first-order valence-corrected chi connectivity index (χ1v) is 14.2. The molecule has 9 nitrogen and oxygen atoms in total. The molecule has 1 N–H and O–H groups in total. The van der Waals surface area contributed by atoms with Gasteiger partial charge in [-0.1, -0.05) is 41.9 Å². The highest BCUT2D eigenvalue weighted by Gasteiger charge is 2.45. The Morgan fingerprint density at radius 2 is 1.68 bits per heavy atom. The average Bonchev–Trinajstić information content (AvgIpc) is 3.50. The Morgan fingerprint density at radius 3 is 2.40 bits per heavy atom. The Bertz CT molecular complexity index is 1560. The monoisotopic (exact) mass is 576 g/mol. The van der Waals surface area contributed by atoms with Crippen LogP contribution in [-0.4, -0.2) is 76.5 Å². The van der Waals surface area contributed by atoms with E-state index in [2.05, 4.69) is 10.2 Å². The number of piperidine rings is 1. The summed E-state index contributed by atoms with van der Waals surface area (Å²) in [5, 5.41) is 2.23. The summed E-state index contributed by atoms with van der Waals surface area (Å²) in [5.41, 5.74) is 2.99. The number of nitrogens with zero attached hydrogens (tertiary/aromatic N) is 3. The van der Waals surface area contributed by atoms with Crippen molar-refractivity contribution in [1.29, 1.82) is 0 Å². The minimum absolute atomic E-state index is 0.00189. The Kier molecular flexibility index (Phi) is 6.99. The van der Waals surface area contributed by atoms with E-state index in [1.807, 2.05) is 29.2 Å². The molecule has 1 aromatic heterocycles. The predicted molar refractivity (Wildman–Crippen MR) is 149 cm³/mol. The zero-order chi connectivity index (χ0) is 28.0. The molecular formula is C29H25ClN4O5S. The molecule has 2 aromatic carbocycles. The van der Waals surface area contributed by atoms with E-state index < -0.39 is 29.7 Å². The fraction of sp³-hybridized carbons (Fsp3) is 0.276. The molecule has 4 heterocycles. The molecule has 3 aliphatic rings. The third-order valence-corrected chi connectivity index (χ3v) is 8.77. The van der Waals surface area contributed by atoms with Gasteiger partial charge in [0.2, 0.25) is 11.8 Å². The second-order valence-corrected chi connectivity index (χ2v) is 11.8. The molecule has 5 amide bonds. The maximum absolute atomic E-state index is 13.5. The average molecular weight is 577 g/mol. The third kappa shape index (κ3) is 4.83. The van der Waals surface area contributed by atoms with Gasteiger partial charge in [-0.05, 0) is 47.4 Å². The highest BCUT2D eigenvalue weighted by Crippen LogP contribution is 2.35. The summed E-state index contributed by atoms with van der Waals surface area (Å²) >= 11 is 7.28. The molecule has 0 spiro atoms. The van der Waals surface area contributed by atoms with Gasteiger partial charge < -0.3 is 4.90 Å². The Labute approximate surface area is 239 Å². The molecule has 40 heavy (non-hydrogen) atoms. The summed E-state index contributed by atoms with van der Waals surface area (Å²) in [7, 11) is 0. The molecule has 0 radical (unpaired) electrons. The van der Waals surface area contributed by atoms with Gasteiger partial charge in [-0.3, -0.25) is 39.1 Å². The molecule has 204 valence electrons. The zero-order valence-electron chi connectivity index (χ0n) is 21.4. The predicted octanol–water partition coefficient (Wildman–Crippen LogP) is 3.43. The van der Waals surface area contributed by atoms with Crippen molar-refractivity contribution in [2.45, 2.75) is 25.4 Å². The van der Waals surface area contributed by atoms with Gasteiger partial charge in [-0.15, -0.1) is 11.3 Å². The molecule has 1 atom stereocenters. The highest BCUT2D eigenvalue weighted by atomic mass is 35.5. The number of imide groups is 2. The van der Waals surface area contributed by atoms with Gasteiger partial charge in [0.25, 0.3) is 17.7 Å². The lowest BCUT2D eigenvalue weighted by molar-refractivity contribution is -0.136. The first-order chi connectivity index (χ1) is 19.3. The molecule has 0 saturated carbocycles. The molecule has 0 aliphatic carbocycles. The van der Waals surface area contributed by atoms with Gasteiger partial charge in [-0.25, -0.2) is 0 Å². The van der Waals surface area contributed by atoms with E-state index in [4.69, 9.17) is 11.6 Å². The maximum Gasteiger partial charge on any atom is 0.264 e. The number of hydrogen-bond acceptors (Lipinski definition) is 7. The summed E-state index contributed by atoms with van der Waals surface area (Å²) in [6, 6.07) is 15.5. The van der Waals surface area contributed by atoms with Crippen molar-refractivity contribution in [3.63, 3.8) is 0 Å². The first-order valence-electron chi connectivity index (χ1n) is 13.0. The van der Waals surface area contributed by atoms with Crippen LogP contribution < -0.4 is 5.32 Å². The summed E-state index contributed by atoms with van der Waals surface area (Å²) in [6.07, 6.45) is 0.185. The minimum Gasteiger partial charge on any atom is -0.335 e. The first kappa shape index (κ1) is 26.4. The van der Waals surface area contributed by atoms with Crippen molar-refractivity contribution in [1.82, 2.24) is 20.0 Å². The van der Waals surface area contributed by atoms with Crippen LogP contribution in [0.15, 0.2) is 54.6 Å². The Morgan fingerprint density at radius 1 is 0.925 bits per heavy atom. The van der Waals surface area contributed by atoms with Crippen LogP contribution in [0.4, 0.5) is 0 Å². The topological polar surface area (TPSA) is 107 Å². The summed E-state index contributed by atoms with van der Waals surface area (Å²) in [5.74, 6) is -2.08. The normalized spacial score (nSPS) is 19.7. The Hall–Kier alpha value is -3.86. The largest absolute Gasteiger partial charge is 0.335 e. The van der Waals surface area contributed by atoms with E-state index in [0.29, 0.717) is 34.4 Å². The van der Waals surface area contributed by atoms with E-state index in [0.717, 1.165) is 29.1 Å². The lowest BCUT2D eigenvalue weighted by Gasteiger charge is -2.34. The molecule has 3 aliphatic heterocycles. The highest BCUT2D eigenvalue weighted by molar-refractivity contribution is 7.17. The summed E-state index contributed by atoms with van der Waals surface area (Å²) in [4.78, 5) is 69.3. The standard InChI is InChI=1S/C29H25ClN4O5S/c30-23-9-8-22(40-23)28(38)33-13-11-32(12-14-33)16-17-3-1-4-18(15-17)19-5-2-6-20-25(19)29(39)34(27(20)37)21-7-10-24(35)31-26(21)36/h1-6,8-9,15,21H,7,10-14,16H2,(H,31,35,36). The van der Waals surface area contributed by atoms with E-state index in [1.54, 1.807) is 30.3 Å². The van der Waals surface area contributed by atoms with E-state index in [9.17, 15) is 24.0 Å². The molecule has 1 unspecified atom stereocenters.